The molecule has 6 heteroatoms. The van der Waals surface area contributed by atoms with Crippen LogP contribution in [0.3, 0.4) is 0 Å². The summed E-state index contributed by atoms with van der Waals surface area (Å²) in [7, 11) is 1.70. The summed E-state index contributed by atoms with van der Waals surface area (Å²) in [4.78, 5) is 12.6. The van der Waals surface area contributed by atoms with E-state index in [0.717, 1.165) is 23.1 Å². The van der Waals surface area contributed by atoms with Gasteiger partial charge in [-0.05, 0) is 36.2 Å². The van der Waals surface area contributed by atoms with Crippen molar-refractivity contribution >= 4 is 22.5 Å². The van der Waals surface area contributed by atoms with Crippen LogP contribution in [0.1, 0.15) is 18.0 Å². The van der Waals surface area contributed by atoms with Gasteiger partial charge in [0.05, 0.1) is 6.61 Å². The quantitative estimate of drug-likeness (QED) is 0.629. The molecule has 0 bridgehead atoms. The lowest BCUT2D eigenvalue weighted by atomic mass is 10.0. The summed E-state index contributed by atoms with van der Waals surface area (Å²) in [6, 6.07) is 18.1. The van der Waals surface area contributed by atoms with Crippen LogP contribution >= 0.6 is 0 Å². The van der Waals surface area contributed by atoms with Crippen molar-refractivity contribution < 1.29 is 9.53 Å². The molecule has 1 aliphatic heterocycles. The summed E-state index contributed by atoms with van der Waals surface area (Å²) < 4.78 is 7.30. The van der Waals surface area contributed by atoms with E-state index in [9.17, 15) is 4.79 Å². The van der Waals surface area contributed by atoms with Crippen molar-refractivity contribution in [3.63, 3.8) is 0 Å². The highest BCUT2D eigenvalue weighted by Gasteiger charge is 2.30. The van der Waals surface area contributed by atoms with Crippen molar-refractivity contribution in [3.05, 3.63) is 66.4 Å². The van der Waals surface area contributed by atoms with E-state index in [-0.39, 0.29) is 18.0 Å². The summed E-state index contributed by atoms with van der Waals surface area (Å²) in [5.74, 6) is -0.0286. The van der Waals surface area contributed by atoms with Crippen molar-refractivity contribution in [3.8, 4) is 0 Å². The molecule has 0 saturated carbocycles. The summed E-state index contributed by atoms with van der Waals surface area (Å²) in [6.45, 7) is 1.48. The Labute approximate surface area is 158 Å². The number of carbonyl (C=O) groups is 1. The summed E-state index contributed by atoms with van der Waals surface area (Å²) >= 11 is 0. The van der Waals surface area contributed by atoms with Gasteiger partial charge in [0.15, 0.2) is 0 Å². The van der Waals surface area contributed by atoms with Crippen LogP contribution in [0.2, 0.25) is 0 Å². The zero-order chi connectivity index (χ0) is 18.6. The fraction of sp³-hybridized carbons (Fsp3) is 0.286. The highest BCUT2D eigenvalue weighted by Crippen LogP contribution is 2.24. The number of carbonyl (C=O) groups excluding carboxylic acids is 1. The van der Waals surface area contributed by atoms with E-state index in [1.807, 2.05) is 42.6 Å². The van der Waals surface area contributed by atoms with Crippen LogP contribution in [0.5, 0.6) is 0 Å². The van der Waals surface area contributed by atoms with Crippen molar-refractivity contribution in [1.29, 1.82) is 0 Å². The molecular formula is C21H24N4O2. The zero-order valence-corrected chi connectivity index (χ0v) is 15.3. The number of hydrazine groups is 1. The number of ether oxygens (including phenoxy) is 1. The topological polar surface area (TPSA) is 67.3 Å². The van der Waals surface area contributed by atoms with Gasteiger partial charge >= 0.3 is 0 Å². The Balaban J connectivity index is 1.41. The molecule has 1 aliphatic rings. The minimum absolute atomic E-state index is 0.0286. The molecular weight excluding hydrogens is 340 g/mol. The Morgan fingerprint density at radius 3 is 2.85 bits per heavy atom. The Kier molecular flexibility index (Phi) is 5.20. The minimum Gasteiger partial charge on any atom is -0.383 e. The van der Waals surface area contributed by atoms with Crippen molar-refractivity contribution in [1.82, 2.24) is 15.4 Å². The predicted octanol–water partition coefficient (Wildman–Crippen LogP) is 2.83. The Morgan fingerprint density at radius 2 is 2.04 bits per heavy atom. The van der Waals surface area contributed by atoms with Crippen LogP contribution in [-0.2, 0) is 16.1 Å². The standard InChI is InChI=1S/C21H24N4O2/c1-27-12-11-25-10-9-16-13-17(7-8-20(16)25)22-21(26)19-14-18(23-24-19)15-5-3-2-4-6-15/h2-10,13,18-19,23-24H,11-12,14H2,1H3,(H,22,26). The number of nitrogens with zero attached hydrogens (tertiary/aromatic N) is 1. The molecule has 2 heterocycles. The van der Waals surface area contributed by atoms with Gasteiger partial charge in [-0.1, -0.05) is 30.3 Å². The molecule has 6 nitrogen and oxygen atoms in total. The minimum atomic E-state index is -0.266. The molecule has 27 heavy (non-hydrogen) atoms. The number of aromatic nitrogens is 1. The van der Waals surface area contributed by atoms with Gasteiger partial charge in [0.25, 0.3) is 0 Å². The van der Waals surface area contributed by atoms with Crippen LogP contribution in [0.15, 0.2) is 60.8 Å². The number of fused-ring (bicyclic) bond motifs is 1. The van der Waals surface area contributed by atoms with E-state index in [2.05, 4.69) is 38.9 Å². The normalized spacial score (nSPS) is 19.4. The molecule has 0 radical (unpaired) electrons. The first-order chi connectivity index (χ1) is 13.2. The molecule has 3 N–H and O–H groups in total. The lowest BCUT2D eigenvalue weighted by molar-refractivity contribution is -0.117. The largest absolute Gasteiger partial charge is 0.383 e. The van der Waals surface area contributed by atoms with Gasteiger partial charge in [-0.15, -0.1) is 0 Å². The second-order valence-electron chi connectivity index (χ2n) is 6.81. The molecule has 1 aromatic heterocycles. The van der Waals surface area contributed by atoms with Gasteiger partial charge in [0, 0.05) is 42.5 Å². The smallest absolute Gasteiger partial charge is 0.242 e. The number of benzene rings is 2. The van der Waals surface area contributed by atoms with E-state index in [1.165, 1.54) is 5.56 Å². The average Bonchev–Trinajstić information content (AvgIpc) is 3.34. The predicted molar refractivity (Wildman–Crippen MR) is 106 cm³/mol. The Morgan fingerprint density at radius 1 is 1.19 bits per heavy atom. The van der Waals surface area contributed by atoms with Crippen molar-refractivity contribution in [2.45, 2.75) is 25.0 Å². The lowest BCUT2D eigenvalue weighted by Gasteiger charge is -2.11. The fourth-order valence-corrected chi connectivity index (χ4v) is 3.52. The number of rotatable bonds is 6. The summed E-state index contributed by atoms with van der Waals surface area (Å²) in [6.07, 6.45) is 2.76. The number of nitrogens with one attached hydrogen (secondary N) is 3. The molecule has 4 rings (SSSR count). The van der Waals surface area contributed by atoms with Gasteiger partial charge in [-0.25, -0.2) is 10.9 Å². The van der Waals surface area contributed by atoms with Gasteiger partial charge in [0.1, 0.15) is 6.04 Å². The van der Waals surface area contributed by atoms with Crippen molar-refractivity contribution in [2.75, 3.05) is 19.0 Å². The summed E-state index contributed by atoms with van der Waals surface area (Å²) in [5, 5.41) is 4.13. The van der Waals surface area contributed by atoms with E-state index in [1.54, 1.807) is 7.11 Å². The number of methoxy groups -OCH3 is 1. The number of hydrogen-bond donors (Lipinski definition) is 3. The Bertz CT molecular complexity index is 922. The molecule has 3 aromatic rings. The number of hydrogen-bond acceptors (Lipinski definition) is 4. The molecule has 0 spiro atoms. The fourth-order valence-electron chi connectivity index (χ4n) is 3.52. The van der Waals surface area contributed by atoms with Crippen LogP contribution < -0.4 is 16.2 Å². The van der Waals surface area contributed by atoms with Gasteiger partial charge in [-0.2, -0.15) is 0 Å². The molecule has 0 aliphatic carbocycles. The van der Waals surface area contributed by atoms with Crippen LogP contribution in [0, 0.1) is 0 Å². The van der Waals surface area contributed by atoms with Crippen LogP contribution in [0.4, 0.5) is 5.69 Å². The monoisotopic (exact) mass is 364 g/mol. The average molecular weight is 364 g/mol. The third-order valence-electron chi connectivity index (χ3n) is 5.00. The lowest BCUT2D eigenvalue weighted by Crippen LogP contribution is -2.39. The molecule has 2 aromatic carbocycles. The molecule has 2 unspecified atom stereocenters. The maximum Gasteiger partial charge on any atom is 0.242 e. The van der Waals surface area contributed by atoms with E-state index >= 15 is 0 Å². The molecule has 1 saturated heterocycles. The second kappa shape index (κ2) is 7.92. The van der Waals surface area contributed by atoms with E-state index in [0.29, 0.717) is 13.0 Å². The first kappa shape index (κ1) is 17.7. The SMILES string of the molecule is COCCn1ccc2cc(NC(=O)C3CC(c4ccccc4)NN3)ccc21. The first-order valence-electron chi connectivity index (χ1n) is 9.19. The third kappa shape index (κ3) is 3.88. The van der Waals surface area contributed by atoms with E-state index < -0.39 is 0 Å². The molecule has 140 valence electrons. The van der Waals surface area contributed by atoms with Gasteiger partial charge in [-0.3, -0.25) is 4.79 Å². The highest BCUT2D eigenvalue weighted by atomic mass is 16.5. The summed E-state index contributed by atoms with van der Waals surface area (Å²) in [5.41, 5.74) is 9.45. The maximum atomic E-state index is 12.6. The van der Waals surface area contributed by atoms with Crippen molar-refractivity contribution in [2.24, 2.45) is 0 Å². The maximum absolute atomic E-state index is 12.6. The zero-order valence-electron chi connectivity index (χ0n) is 15.3. The number of anilines is 1. The second-order valence-corrected chi connectivity index (χ2v) is 6.81. The number of amides is 1. The van der Waals surface area contributed by atoms with Gasteiger partial charge < -0.3 is 14.6 Å². The first-order valence-corrected chi connectivity index (χ1v) is 9.19. The highest BCUT2D eigenvalue weighted by molar-refractivity contribution is 5.97. The van der Waals surface area contributed by atoms with Gasteiger partial charge in [0.2, 0.25) is 5.91 Å². The third-order valence-corrected chi connectivity index (χ3v) is 5.00. The molecule has 2 atom stereocenters. The van der Waals surface area contributed by atoms with Crippen LogP contribution in [-0.4, -0.2) is 30.2 Å². The molecule has 1 fully saturated rings. The Hall–Kier alpha value is -2.67. The molecule has 1 amide bonds. The van der Waals surface area contributed by atoms with E-state index in [4.69, 9.17) is 4.74 Å². The van der Waals surface area contributed by atoms with Crippen LogP contribution in [0.25, 0.3) is 10.9 Å².